The van der Waals surface area contributed by atoms with Gasteiger partial charge in [0.25, 0.3) is 0 Å². The molecule has 0 aliphatic rings. The molecule has 2 heterocycles. The van der Waals surface area contributed by atoms with Crippen LogP contribution in [0, 0.1) is 0 Å². The molecule has 0 spiro atoms. The molecular formula is C15H14N4. The molecule has 0 atom stereocenters. The average Bonchev–Trinajstić information content (AvgIpc) is 2.93. The third kappa shape index (κ3) is 2.20. The predicted octanol–water partition coefficient (Wildman–Crippen LogP) is 3.02. The highest BCUT2D eigenvalue weighted by Gasteiger charge is 2.04. The maximum absolute atomic E-state index is 4.32. The van der Waals surface area contributed by atoms with Gasteiger partial charge in [0.1, 0.15) is 0 Å². The first-order valence-corrected chi connectivity index (χ1v) is 6.12. The Kier molecular flexibility index (Phi) is 2.98. The molecule has 2 aromatic heterocycles. The van der Waals surface area contributed by atoms with Gasteiger partial charge in [-0.15, -0.1) is 6.58 Å². The van der Waals surface area contributed by atoms with Gasteiger partial charge in [0.2, 0.25) is 5.95 Å². The minimum absolute atomic E-state index is 0.687. The summed E-state index contributed by atoms with van der Waals surface area (Å²) >= 11 is 0. The molecule has 19 heavy (non-hydrogen) atoms. The zero-order valence-electron chi connectivity index (χ0n) is 10.5. The number of hydrogen-bond acceptors (Lipinski definition) is 3. The summed E-state index contributed by atoms with van der Waals surface area (Å²) in [5, 5.41) is 4.32. The fourth-order valence-corrected chi connectivity index (χ4v) is 2.02. The fourth-order valence-electron chi connectivity index (χ4n) is 2.02. The van der Waals surface area contributed by atoms with Gasteiger partial charge in [-0.25, -0.2) is 4.98 Å². The molecule has 4 nitrogen and oxygen atoms in total. The molecule has 1 aromatic carbocycles. The van der Waals surface area contributed by atoms with Crippen molar-refractivity contribution in [1.82, 2.24) is 14.5 Å². The maximum Gasteiger partial charge on any atom is 0.207 e. The van der Waals surface area contributed by atoms with Gasteiger partial charge >= 0.3 is 0 Å². The molecule has 0 amide bonds. The van der Waals surface area contributed by atoms with E-state index in [1.807, 2.05) is 35.0 Å². The van der Waals surface area contributed by atoms with Crippen molar-refractivity contribution in [2.24, 2.45) is 0 Å². The zero-order chi connectivity index (χ0) is 13.1. The SMILES string of the molecule is C=CCNc1nccn1-c1ccc2ncccc2c1. The third-order valence-electron chi connectivity index (χ3n) is 2.91. The lowest BCUT2D eigenvalue weighted by Crippen LogP contribution is -2.05. The van der Waals surface area contributed by atoms with E-state index in [9.17, 15) is 0 Å². The van der Waals surface area contributed by atoms with Gasteiger partial charge in [-0.05, 0) is 24.3 Å². The van der Waals surface area contributed by atoms with Gasteiger partial charge in [-0.1, -0.05) is 12.1 Å². The van der Waals surface area contributed by atoms with E-state index in [0.29, 0.717) is 6.54 Å². The number of fused-ring (bicyclic) bond motifs is 1. The van der Waals surface area contributed by atoms with E-state index in [-0.39, 0.29) is 0 Å². The van der Waals surface area contributed by atoms with Crippen molar-refractivity contribution in [2.45, 2.75) is 0 Å². The molecule has 0 radical (unpaired) electrons. The number of rotatable bonds is 4. The zero-order valence-corrected chi connectivity index (χ0v) is 10.5. The third-order valence-corrected chi connectivity index (χ3v) is 2.91. The molecule has 0 unspecified atom stereocenters. The van der Waals surface area contributed by atoms with E-state index < -0.39 is 0 Å². The fraction of sp³-hybridized carbons (Fsp3) is 0.0667. The van der Waals surface area contributed by atoms with Gasteiger partial charge in [0, 0.05) is 36.2 Å². The number of anilines is 1. The van der Waals surface area contributed by atoms with Crippen molar-refractivity contribution in [3.05, 3.63) is 61.6 Å². The first-order chi connectivity index (χ1) is 9.38. The van der Waals surface area contributed by atoms with Gasteiger partial charge in [-0.3, -0.25) is 9.55 Å². The Bertz CT molecular complexity index is 715. The summed E-state index contributed by atoms with van der Waals surface area (Å²) in [5.41, 5.74) is 2.05. The van der Waals surface area contributed by atoms with Crippen LogP contribution >= 0.6 is 0 Å². The van der Waals surface area contributed by atoms with Crippen molar-refractivity contribution in [3.8, 4) is 5.69 Å². The predicted molar refractivity (Wildman–Crippen MR) is 77.6 cm³/mol. The van der Waals surface area contributed by atoms with Crippen molar-refractivity contribution in [1.29, 1.82) is 0 Å². The molecule has 3 aromatic rings. The van der Waals surface area contributed by atoms with Crippen molar-refractivity contribution >= 4 is 16.9 Å². The average molecular weight is 250 g/mol. The highest BCUT2D eigenvalue weighted by atomic mass is 15.2. The Labute approximate surface area is 111 Å². The molecule has 94 valence electrons. The van der Waals surface area contributed by atoms with Crippen LogP contribution in [-0.4, -0.2) is 21.1 Å². The van der Waals surface area contributed by atoms with Crippen LogP contribution in [0.3, 0.4) is 0 Å². The lowest BCUT2D eigenvalue weighted by Gasteiger charge is -2.09. The second kappa shape index (κ2) is 4.94. The summed E-state index contributed by atoms with van der Waals surface area (Å²) in [6.45, 7) is 4.38. The second-order valence-corrected chi connectivity index (χ2v) is 4.17. The van der Waals surface area contributed by atoms with Crippen LogP contribution in [0.5, 0.6) is 0 Å². The highest BCUT2D eigenvalue weighted by Crippen LogP contribution is 2.19. The van der Waals surface area contributed by atoms with Gasteiger partial charge in [0.15, 0.2) is 0 Å². The van der Waals surface area contributed by atoms with E-state index in [1.54, 1.807) is 12.4 Å². The van der Waals surface area contributed by atoms with Crippen LogP contribution in [0.4, 0.5) is 5.95 Å². The number of hydrogen-bond donors (Lipinski definition) is 1. The second-order valence-electron chi connectivity index (χ2n) is 4.17. The molecule has 3 rings (SSSR count). The van der Waals surface area contributed by atoms with Gasteiger partial charge < -0.3 is 5.32 Å². The quantitative estimate of drug-likeness (QED) is 0.724. The van der Waals surface area contributed by atoms with Gasteiger partial charge in [0.05, 0.1) is 5.52 Å². The molecule has 0 aliphatic carbocycles. The monoisotopic (exact) mass is 250 g/mol. The van der Waals surface area contributed by atoms with Crippen molar-refractivity contribution in [3.63, 3.8) is 0 Å². The molecule has 0 saturated heterocycles. The normalized spacial score (nSPS) is 10.5. The van der Waals surface area contributed by atoms with Crippen molar-refractivity contribution in [2.75, 3.05) is 11.9 Å². The van der Waals surface area contributed by atoms with E-state index in [1.165, 1.54) is 0 Å². The summed E-state index contributed by atoms with van der Waals surface area (Å²) in [5.74, 6) is 0.808. The van der Waals surface area contributed by atoms with Crippen LogP contribution in [0.15, 0.2) is 61.6 Å². The smallest absolute Gasteiger partial charge is 0.207 e. The van der Waals surface area contributed by atoms with E-state index in [0.717, 1.165) is 22.5 Å². The molecule has 4 heteroatoms. The molecule has 0 aliphatic heterocycles. The largest absolute Gasteiger partial charge is 0.352 e. The maximum atomic E-state index is 4.32. The van der Waals surface area contributed by atoms with Crippen LogP contribution in [0.2, 0.25) is 0 Å². The van der Waals surface area contributed by atoms with Crippen LogP contribution in [-0.2, 0) is 0 Å². The Morgan fingerprint density at radius 1 is 1.21 bits per heavy atom. The van der Waals surface area contributed by atoms with Crippen LogP contribution in [0.1, 0.15) is 0 Å². The van der Waals surface area contributed by atoms with E-state index in [2.05, 4.69) is 34.0 Å². The Morgan fingerprint density at radius 3 is 3.05 bits per heavy atom. The standard InChI is InChI=1S/C15H14N4/c1-2-7-17-15-18-9-10-19(15)13-5-6-14-12(11-13)4-3-8-16-14/h2-6,8-11H,1,7H2,(H,17,18). The Balaban J connectivity index is 2.04. The molecule has 0 saturated carbocycles. The number of imidazole rings is 1. The summed E-state index contributed by atoms with van der Waals surface area (Å²) in [6.07, 6.45) is 7.32. The first kappa shape index (κ1) is 11.5. The number of pyridine rings is 1. The minimum Gasteiger partial charge on any atom is -0.352 e. The summed E-state index contributed by atoms with van der Waals surface area (Å²) in [7, 11) is 0. The Hall–Kier alpha value is -2.62. The first-order valence-electron chi connectivity index (χ1n) is 6.12. The number of aromatic nitrogens is 3. The van der Waals surface area contributed by atoms with E-state index in [4.69, 9.17) is 0 Å². The van der Waals surface area contributed by atoms with Crippen LogP contribution < -0.4 is 5.32 Å². The number of nitrogens with one attached hydrogen (secondary N) is 1. The molecular weight excluding hydrogens is 236 g/mol. The molecule has 1 N–H and O–H groups in total. The van der Waals surface area contributed by atoms with Gasteiger partial charge in [-0.2, -0.15) is 0 Å². The van der Waals surface area contributed by atoms with Crippen molar-refractivity contribution < 1.29 is 0 Å². The Morgan fingerprint density at radius 2 is 2.16 bits per heavy atom. The van der Waals surface area contributed by atoms with Crippen LogP contribution in [0.25, 0.3) is 16.6 Å². The molecule has 0 fully saturated rings. The number of benzene rings is 1. The lowest BCUT2D eigenvalue weighted by atomic mass is 10.2. The van der Waals surface area contributed by atoms with E-state index >= 15 is 0 Å². The topological polar surface area (TPSA) is 42.7 Å². The summed E-state index contributed by atoms with van der Waals surface area (Å²) in [4.78, 5) is 8.62. The summed E-state index contributed by atoms with van der Waals surface area (Å²) < 4.78 is 2.01. The highest BCUT2D eigenvalue weighted by molar-refractivity contribution is 5.80. The summed E-state index contributed by atoms with van der Waals surface area (Å²) in [6, 6.07) is 10.2. The number of nitrogens with zero attached hydrogens (tertiary/aromatic N) is 3. The molecule has 0 bridgehead atoms. The minimum atomic E-state index is 0.687. The lowest BCUT2D eigenvalue weighted by molar-refractivity contribution is 1.04.